The molecule has 0 saturated carbocycles. The molecule has 1 amide bonds. The summed E-state index contributed by atoms with van der Waals surface area (Å²) in [6, 6.07) is 16.2. The molecule has 0 radical (unpaired) electrons. The molecule has 1 unspecified atom stereocenters. The third-order valence-electron chi connectivity index (χ3n) is 5.04. The second-order valence-corrected chi connectivity index (χ2v) is 7.22. The molecule has 0 aromatic heterocycles. The van der Waals surface area contributed by atoms with Crippen LogP contribution >= 0.6 is 11.6 Å². The lowest BCUT2D eigenvalue weighted by Crippen LogP contribution is -2.27. The lowest BCUT2D eigenvalue weighted by molar-refractivity contribution is 0.0793. The number of halogens is 1. The molecule has 1 heterocycles. The molecule has 3 rings (SSSR count). The van der Waals surface area contributed by atoms with E-state index < -0.39 is 0 Å². The van der Waals surface area contributed by atoms with E-state index in [1.165, 1.54) is 5.56 Å². The maximum Gasteiger partial charge on any atom is 0.253 e. The van der Waals surface area contributed by atoms with Gasteiger partial charge in [-0.1, -0.05) is 41.9 Å². The number of benzene rings is 2. The summed E-state index contributed by atoms with van der Waals surface area (Å²) in [5, 5.41) is 0.799. The quantitative estimate of drug-likeness (QED) is 0.770. The summed E-state index contributed by atoms with van der Waals surface area (Å²) in [5.41, 5.74) is 3.11. The Labute approximate surface area is 155 Å². The monoisotopic (exact) mass is 356 g/mol. The van der Waals surface area contributed by atoms with Crippen molar-refractivity contribution in [2.24, 2.45) is 0 Å². The zero-order valence-electron chi connectivity index (χ0n) is 14.9. The van der Waals surface area contributed by atoms with Crippen LogP contribution in [0.5, 0.6) is 0 Å². The van der Waals surface area contributed by atoms with Gasteiger partial charge in [0.2, 0.25) is 0 Å². The molecule has 1 aliphatic heterocycles. The summed E-state index contributed by atoms with van der Waals surface area (Å²) in [5.74, 6) is 0.154. The zero-order valence-corrected chi connectivity index (χ0v) is 15.7. The van der Waals surface area contributed by atoms with E-state index in [4.69, 9.17) is 11.6 Å². The minimum Gasteiger partial charge on any atom is -0.339 e. The first-order valence-corrected chi connectivity index (χ1v) is 9.27. The van der Waals surface area contributed by atoms with Crippen LogP contribution in [0.1, 0.15) is 47.3 Å². The molecule has 132 valence electrons. The SMILES string of the molecule is CC(c1ccccc1Cl)N(C)Cc1ccc(C(=O)N2CCCC2)cc1. The average molecular weight is 357 g/mol. The van der Waals surface area contributed by atoms with Crippen molar-refractivity contribution < 1.29 is 4.79 Å². The van der Waals surface area contributed by atoms with E-state index in [1.807, 2.05) is 35.2 Å². The predicted molar refractivity (Wildman–Crippen MR) is 103 cm³/mol. The Balaban J connectivity index is 1.64. The van der Waals surface area contributed by atoms with Crippen molar-refractivity contribution in [2.45, 2.75) is 32.4 Å². The van der Waals surface area contributed by atoms with Crippen molar-refractivity contribution in [3.63, 3.8) is 0 Å². The van der Waals surface area contributed by atoms with Gasteiger partial charge in [0.25, 0.3) is 5.91 Å². The highest BCUT2D eigenvalue weighted by Crippen LogP contribution is 2.27. The summed E-state index contributed by atoms with van der Waals surface area (Å²) < 4.78 is 0. The standard InChI is InChI=1S/C21H25ClN2O/c1-16(19-7-3-4-8-20(19)22)23(2)15-17-9-11-18(12-10-17)21(25)24-13-5-6-14-24/h3-4,7-12,16H,5-6,13-15H2,1-2H3. The summed E-state index contributed by atoms with van der Waals surface area (Å²) >= 11 is 6.32. The van der Waals surface area contributed by atoms with E-state index in [1.54, 1.807) is 0 Å². The molecule has 1 fully saturated rings. The summed E-state index contributed by atoms with van der Waals surface area (Å²) in [6.45, 7) is 4.74. The molecule has 0 N–H and O–H groups in total. The first-order chi connectivity index (χ1) is 12.1. The van der Waals surface area contributed by atoms with Gasteiger partial charge < -0.3 is 4.90 Å². The molecule has 0 spiro atoms. The summed E-state index contributed by atoms with van der Waals surface area (Å²) in [6.07, 6.45) is 2.24. The molecular formula is C21H25ClN2O. The first kappa shape index (κ1) is 18.0. The van der Waals surface area contributed by atoms with E-state index in [2.05, 4.69) is 37.1 Å². The van der Waals surface area contributed by atoms with Crippen LogP contribution in [0.4, 0.5) is 0 Å². The average Bonchev–Trinajstić information content (AvgIpc) is 3.16. The molecule has 1 aliphatic rings. The third-order valence-corrected chi connectivity index (χ3v) is 5.39. The Kier molecular flexibility index (Phi) is 5.77. The van der Waals surface area contributed by atoms with Crippen molar-refractivity contribution >= 4 is 17.5 Å². The normalized spacial score (nSPS) is 15.6. The highest BCUT2D eigenvalue weighted by molar-refractivity contribution is 6.31. The number of carbonyl (C=O) groups is 1. The van der Waals surface area contributed by atoms with Gasteiger partial charge >= 0.3 is 0 Å². The maximum absolute atomic E-state index is 12.4. The molecule has 2 aromatic carbocycles. The molecule has 0 bridgehead atoms. The number of rotatable bonds is 5. The molecule has 1 atom stereocenters. The molecular weight excluding hydrogens is 332 g/mol. The Morgan fingerprint density at radius 2 is 1.76 bits per heavy atom. The van der Waals surface area contributed by atoms with Gasteiger partial charge in [0, 0.05) is 36.3 Å². The molecule has 4 heteroatoms. The van der Waals surface area contributed by atoms with E-state index >= 15 is 0 Å². The van der Waals surface area contributed by atoms with Crippen LogP contribution < -0.4 is 0 Å². The summed E-state index contributed by atoms with van der Waals surface area (Å²) in [4.78, 5) is 16.6. The molecule has 3 nitrogen and oxygen atoms in total. The van der Waals surface area contributed by atoms with Crippen LogP contribution in [0.25, 0.3) is 0 Å². The van der Waals surface area contributed by atoms with Crippen molar-refractivity contribution in [3.05, 3.63) is 70.2 Å². The van der Waals surface area contributed by atoms with Crippen molar-refractivity contribution in [2.75, 3.05) is 20.1 Å². The smallest absolute Gasteiger partial charge is 0.253 e. The molecule has 25 heavy (non-hydrogen) atoms. The van der Waals surface area contributed by atoms with Gasteiger partial charge in [-0.2, -0.15) is 0 Å². The zero-order chi connectivity index (χ0) is 17.8. The van der Waals surface area contributed by atoms with Crippen molar-refractivity contribution in [3.8, 4) is 0 Å². The minimum atomic E-state index is 0.154. The lowest BCUT2D eigenvalue weighted by atomic mass is 10.1. The fourth-order valence-electron chi connectivity index (χ4n) is 3.33. The van der Waals surface area contributed by atoms with Gasteiger partial charge in [0.05, 0.1) is 0 Å². The van der Waals surface area contributed by atoms with Gasteiger partial charge in [-0.05, 0) is 56.1 Å². The lowest BCUT2D eigenvalue weighted by Gasteiger charge is -2.26. The predicted octanol–water partition coefficient (Wildman–Crippen LogP) is 4.77. The van der Waals surface area contributed by atoms with Crippen LogP contribution in [-0.4, -0.2) is 35.8 Å². The second kappa shape index (κ2) is 8.03. The Bertz CT molecular complexity index is 723. The fraction of sp³-hybridized carbons (Fsp3) is 0.381. The van der Waals surface area contributed by atoms with Gasteiger partial charge in [-0.15, -0.1) is 0 Å². The van der Waals surface area contributed by atoms with E-state index in [9.17, 15) is 4.79 Å². The Hall–Kier alpha value is -1.84. The van der Waals surface area contributed by atoms with E-state index in [0.717, 1.165) is 48.6 Å². The van der Waals surface area contributed by atoms with Gasteiger partial charge in [-0.25, -0.2) is 0 Å². The maximum atomic E-state index is 12.4. The highest BCUT2D eigenvalue weighted by atomic mass is 35.5. The third kappa shape index (κ3) is 4.23. The number of hydrogen-bond acceptors (Lipinski definition) is 2. The van der Waals surface area contributed by atoms with Gasteiger partial charge in [-0.3, -0.25) is 9.69 Å². The topological polar surface area (TPSA) is 23.6 Å². The highest BCUT2D eigenvalue weighted by Gasteiger charge is 2.19. The van der Waals surface area contributed by atoms with Crippen LogP contribution in [-0.2, 0) is 6.54 Å². The summed E-state index contributed by atoms with van der Waals surface area (Å²) in [7, 11) is 2.09. The first-order valence-electron chi connectivity index (χ1n) is 8.89. The molecule has 2 aromatic rings. The van der Waals surface area contributed by atoms with Crippen molar-refractivity contribution in [1.82, 2.24) is 9.80 Å². The van der Waals surface area contributed by atoms with Gasteiger partial charge in [0.1, 0.15) is 0 Å². The number of hydrogen-bond donors (Lipinski definition) is 0. The minimum absolute atomic E-state index is 0.154. The van der Waals surface area contributed by atoms with Crippen LogP contribution in [0, 0.1) is 0 Å². The largest absolute Gasteiger partial charge is 0.339 e. The number of amides is 1. The second-order valence-electron chi connectivity index (χ2n) is 6.81. The number of likely N-dealkylation sites (tertiary alicyclic amines) is 1. The van der Waals surface area contributed by atoms with Crippen molar-refractivity contribution in [1.29, 1.82) is 0 Å². The van der Waals surface area contributed by atoms with Crippen LogP contribution in [0.15, 0.2) is 48.5 Å². The van der Waals surface area contributed by atoms with Crippen LogP contribution in [0.2, 0.25) is 5.02 Å². The van der Waals surface area contributed by atoms with E-state index in [0.29, 0.717) is 0 Å². The van der Waals surface area contributed by atoms with Crippen LogP contribution in [0.3, 0.4) is 0 Å². The molecule has 1 saturated heterocycles. The Morgan fingerprint density at radius 3 is 2.40 bits per heavy atom. The molecule has 0 aliphatic carbocycles. The van der Waals surface area contributed by atoms with E-state index in [-0.39, 0.29) is 11.9 Å². The fourth-order valence-corrected chi connectivity index (χ4v) is 3.63. The van der Waals surface area contributed by atoms with Gasteiger partial charge in [0.15, 0.2) is 0 Å². The number of carbonyl (C=O) groups excluding carboxylic acids is 1. The number of nitrogens with zero attached hydrogens (tertiary/aromatic N) is 2. The Morgan fingerprint density at radius 1 is 1.12 bits per heavy atom.